The molecule has 14 N–H and O–H groups in total. The Bertz CT molecular complexity index is 1610. The van der Waals surface area contributed by atoms with Crippen molar-refractivity contribution in [1.29, 1.82) is 0 Å². The lowest BCUT2D eigenvalue weighted by Gasteiger charge is -2.28. The van der Waals surface area contributed by atoms with Gasteiger partial charge in [-0.15, -0.1) is 0 Å². The summed E-state index contributed by atoms with van der Waals surface area (Å²) < 4.78 is 4.86. The van der Waals surface area contributed by atoms with E-state index >= 15 is 0 Å². The van der Waals surface area contributed by atoms with Gasteiger partial charge in [0, 0.05) is 19.4 Å². The third kappa shape index (κ3) is 28.2. The van der Waals surface area contributed by atoms with Crippen molar-refractivity contribution in [2.75, 3.05) is 40.3 Å². The van der Waals surface area contributed by atoms with Gasteiger partial charge in [-0.25, -0.2) is 14.4 Å². The Morgan fingerprint density at radius 2 is 1.12 bits per heavy atom. The summed E-state index contributed by atoms with van der Waals surface area (Å²) in [6, 6.07) is -4.11. The Morgan fingerprint density at radius 3 is 1.39 bits per heavy atom. The number of hydrogen-bond acceptors (Lipinski definition) is 17. The van der Waals surface area contributed by atoms with Crippen molar-refractivity contribution in [1.82, 2.24) is 25.8 Å². The second-order valence-corrected chi connectivity index (χ2v) is 16.4. The number of nitrogens with two attached hydrogens (primary N) is 2. The number of primary amides is 1. The van der Waals surface area contributed by atoms with Gasteiger partial charge in [0.25, 0.3) is 5.78 Å². The molecule has 26 nitrogen and oxygen atoms in total. The standard InChI is InChI=1S/C15H27N3O7.C10H17NO5.C5H7NO3.2C5H9NO2/c1-8(2)6-10(13(20)21)18(3)7-11(14(22)23)25-15(24)9(16)4-5-12(17)19;1-6(2)4-7(9(13)14)11(3)5-8(12)10(15)16;7-4-2-1-3(6-4)5(8)9;2*7-5(8)4-2-1-3-6-4/h8-11H,4-7,16H2,1-3H3,(H2,17,19)(H,20,21)(H,22,23);6-7H,4-5H2,1-3H3,(H,13,14)(H,15,16);3H,1-2H2,(H,6,7)(H,8,9);2*4,6H,1-3H2,(H,7,8)/t9-,10-,11?;7-;3-;2*4-/m00000/s1. The number of esters is 1. The van der Waals surface area contributed by atoms with Crippen molar-refractivity contribution >= 4 is 65.4 Å². The minimum atomic E-state index is -1.58. The zero-order valence-corrected chi connectivity index (χ0v) is 38.2. The number of ketones is 1. The fourth-order valence-electron chi connectivity index (χ4n) is 6.02. The largest absolute Gasteiger partial charge is 0.480 e. The third-order valence-corrected chi connectivity index (χ3v) is 9.66. The molecular formula is C40H69N7O19. The molecule has 0 aromatic rings. The van der Waals surface area contributed by atoms with E-state index in [1.54, 1.807) is 0 Å². The van der Waals surface area contributed by atoms with E-state index in [0.717, 1.165) is 38.8 Å². The van der Waals surface area contributed by atoms with Crippen molar-refractivity contribution in [3.63, 3.8) is 0 Å². The molecule has 3 fully saturated rings. The SMILES string of the molecule is CC(C)C[C@@H](C(=O)O)N(C)CC(=O)C(=O)O.CC(C)C[C@@H](C(=O)O)N(C)CC(OC(=O)[C@@H](N)CCC(N)=O)C(=O)O.O=C(O)[C@@H]1CCCN1.O=C(O)[C@@H]1CCCN1.O=C1CC[C@@H](C(=O)O)N1. The lowest BCUT2D eigenvalue weighted by molar-refractivity contribution is -0.167. The number of rotatable bonds is 22. The van der Waals surface area contributed by atoms with Crippen molar-refractivity contribution < 1.29 is 93.2 Å². The molecule has 3 saturated heterocycles. The van der Waals surface area contributed by atoms with Gasteiger partial charge in [-0.2, -0.15) is 0 Å². The van der Waals surface area contributed by atoms with E-state index in [1.165, 1.54) is 23.9 Å². The summed E-state index contributed by atoms with van der Waals surface area (Å²) in [6.45, 7) is 8.43. The molecule has 2 amide bonds. The van der Waals surface area contributed by atoms with Gasteiger partial charge < -0.3 is 67.9 Å². The van der Waals surface area contributed by atoms with E-state index < -0.39 is 89.7 Å². The molecule has 3 heterocycles. The quantitative estimate of drug-likeness (QED) is 0.0415. The first-order chi connectivity index (χ1) is 30.5. The summed E-state index contributed by atoms with van der Waals surface area (Å²) in [5.74, 6) is -10.0. The Morgan fingerprint density at radius 1 is 0.682 bits per heavy atom. The fraction of sp³-hybridized carbons (Fsp3) is 0.725. The fourth-order valence-corrected chi connectivity index (χ4v) is 6.02. The molecule has 66 heavy (non-hydrogen) atoms. The van der Waals surface area contributed by atoms with Gasteiger partial charge in [0.1, 0.15) is 36.3 Å². The number of likely N-dealkylation sites (N-methyl/N-ethyl adjacent to an activating group) is 2. The number of Topliss-reactive ketones (excluding diaryl/α,β-unsaturated/α-hetero) is 1. The van der Waals surface area contributed by atoms with Crippen LogP contribution in [0, 0.1) is 11.8 Å². The highest BCUT2D eigenvalue weighted by atomic mass is 16.6. The lowest BCUT2D eigenvalue weighted by Crippen LogP contribution is -2.47. The van der Waals surface area contributed by atoms with Crippen LogP contribution in [-0.2, 0) is 57.5 Å². The average molecular weight is 952 g/mol. The maximum Gasteiger partial charge on any atom is 0.373 e. The molecule has 1 unspecified atom stereocenters. The van der Waals surface area contributed by atoms with Crippen LogP contribution in [-0.4, -0.2) is 194 Å². The van der Waals surface area contributed by atoms with Crippen LogP contribution >= 0.6 is 0 Å². The van der Waals surface area contributed by atoms with Crippen molar-refractivity contribution in [2.45, 2.75) is 134 Å². The Balaban J connectivity index is 0. The van der Waals surface area contributed by atoms with E-state index in [2.05, 4.69) is 16.0 Å². The van der Waals surface area contributed by atoms with Crippen LogP contribution < -0.4 is 27.4 Å². The van der Waals surface area contributed by atoms with Crippen molar-refractivity contribution in [3.05, 3.63) is 0 Å². The summed E-state index contributed by atoms with van der Waals surface area (Å²) in [5.41, 5.74) is 10.5. The van der Waals surface area contributed by atoms with Crippen LogP contribution in [0.2, 0.25) is 0 Å². The predicted molar refractivity (Wildman–Crippen MR) is 230 cm³/mol. The molecule has 0 saturated carbocycles. The van der Waals surface area contributed by atoms with E-state index in [9.17, 15) is 63.0 Å². The molecule has 0 spiro atoms. The van der Waals surface area contributed by atoms with Gasteiger partial charge in [-0.1, -0.05) is 27.7 Å². The molecule has 0 aliphatic carbocycles. The maximum absolute atomic E-state index is 11.8. The minimum Gasteiger partial charge on any atom is -0.480 e. The number of nitrogens with one attached hydrogen (secondary N) is 3. The summed E-state index contributed by atoms with van der Waals surface area (Å²) in [4.78, 5) is 121. The van der Waals surface area contributed by atoms with Crippen LogP contribution in [0.1, 0.15) is 91.9 Å². The van der Waals surface area contributed by atoms with E-state index in [1.807, 2.05) is 27.7 Å². The molecule has 3 rings (SSSR count). The summed E-state index contributed by atoms with van der Waals surface area (Å²) in [5, 5.41) is 68.9. The lowest BCUT2D eigenvalue weighted by atomic mass is 10.0. The second-order valence-electron chi connectivity index (χ2n) is 16.4. The Kier molecular flexibility index (Phi) is 30.9. The number of ether oxygens (including phenoxy) is 1. The van der Waals surface area contributed by atoms with Gasteiger partial charge in [-0.05, 0) is 90.4 Å². The molecule has 3 aliphatic heterocycles. The second kappa shape index (κ2) is 32.8. The van der Waals surface area contributed by atoms with Gasteiger partial charge in [0.05, 0.1) is 6.54 Å². The van der Waals surface area contributed by atoms with Crippen LogP contribution in [0.3, 0.4) is 0 Å². The molecule has 7 atom stereocenters. The highest BCUT2D eigenvalue weighted by Crippen LogP contribution is 2.14. The molecule has 0 aromatic carbocycles. The number of hydrogen-bond donors (Lipinski definition) is 12. The van der Waals surface area contributed by atoms with Gasteiger partial charge >= 0.3 is 47.8 Å². The summed E-state index contributed by atoms with van der Waals surface area (Å²) >= 11 is 0. The van der Waals surface area contributed by atoms with E-state index in [4.69, 9.17) is 41.7 Å². The Labute approximate surface area is 381 Å². The number of nitrogens with zero attached hydrogens (tertiary/aromatic N) is 2. The van der Waals surface area contributed by atoms with E-state index in [-0.39, 0.29) is 55.8 Å². The van der Waals surface area contributed by atoms with Crippen molar-refractivity contribution in [3.8, 4) is 0 Å². The van der Waals surface area contributed by atoms with Crippen molar-refractivity contribution in [2.24, 2.45) is 23.3 Å². The molecule has 26 heteroatoms. The summed E-state index contributed by atoms with van der Waals surface area (Å²) in [6.07, 6.45) is 3.24. The number of carbonyl (C=O) groups is 11. The molecule has 0 bridgehead atoms. The minimum absolute atomic E-state index is 0.0680. The number of carboxylic acid groups (broad SMARTS) is 7. The number of amides is 2. The van der Waals surface area contributed by atoms with Crippen LogP contribution in [0.25, 0.3) is 0 Å². The first-order valence-electron chi connectivity index (χ1n) is 21.1. The summed E-state index contributed by atoms with van der Waals surface area (Å²) in [7, 11) is 2.87. The van der Waals surface area contributed by atoms with Gasteiger partial charge in [-0.3, -0.25) is 48.2 Å². The topological polar surface area (TPSA) is 433 Å². The monoisotopic (exact) mass is 951 g/mol. The number of carboxylic acids is 7. The maximum atomic E-state index is 11.8. The smallest absolute Gasteiger partial charge is 0.373 e. The normalized spacial score (nSPS) is 19.1. The van der Waals surface area contributed by atoms with Gasteiger partial charge in [0.2, 0.25) is 17.9 Å². The van der Waals surface area contributed by atoms with Crippen LogP contribution in [0.15, 0.2) is 0 Å². The average Bonchev–Trinajstić information content (AvgIpc) is 4.03. The van der Waals surface area contributed by atoms with E-state index in [0.29, 0.717) is 25.7 Å². The molecule has 3 aliphatic rings. The first kappa shape index (κ1) is 62.3. The zero-order chi connectivity index (χ0) is 51.4. The van der Waals surface area contributed by atoms with Crippen LogP contribution in [0.5, 0.6) is 0 Å². The first-order valence-corrected chi connectivity index (χ1v) is 21.1. The zero-order valence-electron chi connectivity index (χ0n) is 38.2. The molecular weight excluding hydrogens is 882 g/mol. The predicted octanol–water partition coefficient (Wildman–Crippen LogP) is -1.93. The molecule has 0 aromatic heterocycles. The number of aliphatic carboxylic acids is 7. The third-order valence-electron chi connectivity index (χ3n) is 9.66. The Hall–Kier alpha value is -5.83. The number of carbonyl (C=O) groups excluding carboxylic acids is 4. The highest BCUT2D eigenvalue weighted by Gasteiger charge is 2.32. The van der Waals surface area contributed by atoms with Gasteiger partial charge in [0.15, 0.2) is 0 Å². The van der Waals surface area contributed by atoms with Crippen LogP contribution in [0.4, 0.5) is 0 Å². The highest BCUT2D eigenvalue weighted by molar-refractivity contribution is 6.33. The molecule has 378 valence electrons. The molecule has 0 radical (unpaired) electrons.